The van der Waals surface area contributed by atoms with Crippen LogP contribution in [0, 0.1) is 17.8 Å². The van der Waals surface area contributed by atoms with Crippen molar-refractivity contribution in [2.24, 2.45) is 10.8 Å². The number of hydrogen-bond acceptors (Lipinski definition) is 4. The van der Waals surface area contributed by atoms with Gasteiger partial charge in [-0.05, 0) is 71.6 Å². The first-order chi connectivity index (χ1) is 14.6. The normalized spacial score (nSPS) is 13.5. The molecule has 0 aliphatic carbocycles. The number of ether oxygens (including phenoxy) is 1. The number of benzene rings is 2. The maximum absolute atomic E-state index is 12.2. The minimum Gasteiger partial charge on any atom is -0.484 e. The van der Waals surface area contributed by atoms with Crippen molar-refractivity contribution in [3.8, 4) is 5.75 Å². The van der Waals surface area contributed by atoms with Gasteiger partial charge in [0.1, 0.15) is 5.75 Å². The Labute approximate surface area is 192 Å². The van der Waals surface area contributed by atoms with Gasteiger partial charge in [0.05, 0.1) is 4.90 Å². The SMILES string of the molecule is Cc1cc(NC(=O)COc2ccc(C(CC(C)(C)C)C(C)(C)C)cc2)ccc1S(=O)(=O)O. The summed E-state index contributed by atoms with van der Waals surface area (Å²) in [5, 5.41) is 2.67. The van der Waals surface area contributed by atoms with Gasteiger partial charge in [0.2, 0.25) is 0 Å². The third-order valence-electron chi connectivity index (χ3n) is 5.25. The third kappa shape index (κ3) is 7.64. The molecule has 0 bridgehead atoms. The summed E-state index contributed by atoms with van der Waals surface area (Å²) < 4.78 is 37.4. The standard InChI is InChI=1S/C25H35NO5S/c1-17-14-19(10-13-22(17)32(28,29)30)26-23(27)16-31-20-11-8-18(9-12-20)21(25(5,6)7)15-24(2,3)4/h8-14,21H,15-16H2,1-7H3,(H,26,27)(H,28,29,30). The van der Waals surface area contributed by atoms with E-state index in [1.807, 2.05) is 12.1 Å². The molecule has 7 heteroatoms. The minimum atomic E-state index is -4.29. The molecule has 0 radical (unpaired) electrons. The van der Waals surface area contributed by atoms with Crippen molar-refractivity contribution >= 4 is 21.7 Å². The van der Waals surface area contributed by atoms with Crippen molar-refractivity contribution in [2.45, 2.75) is 65.7 Å². The summed E-state index contributed by atoms with van der Waals surface area (Å²) >= 11 is 0. The Bertz CT molecular complexity index is 1050. The number of anilines is 1. The van der Waals surface area contributed by atoms with Crippen LogP contribution in [0.15, 0.2) is 47.4 Å². The van der Waals surface area contributed by atoms with Gasteiger partial charge in [-0.3, -0.25) is 9.35 Å². The Kier molecular flexibility index (Phi) is 7.79. The van der Waals surface area contributed by atoms with Crippen LogP contribution in [0.2, 0.25) is 0 Å². The van der Waals surface area contributed by atoms with Crippen LogP contribution in [0.3, 0.4) is 0 Å². The molecule has 32 heavy (non-hydrogen) atoms. The Hall–Kier alpha value is -2.38. The molecule has 0 saturated carbocycles. The van der Waals surface area contributed by atoms with E-state index in [1.165, 1.54) is 23.8 Å². The fourth-order valence-electron chi connectivity index (χ4n) is 3.70. The lowest BCUT2D eigenvalue weighted by atomic mass is 9.69. The molecule has 2 aromatic carbocycles. The van der Waals surface area contributed by atoms with E-state index >= 15 is 0 Å². The first kappa shape index (κ1) is 25.9. The van der Waals surface area contributed by atoms with E-state index in [0.717, 1.165) is 6.42 Å². The Morgan fingerprint density at radius 3 is 2.09 bits per heavy atom. The van der Waals surface area contributed by atoms with Crippen LogP contribution < -0.4 is 10.1 Å². The van der Waals surface area contributed by atoms with Gasteiger partial charge >= 0.3 is 0 Å². The van der Waals surface area contributed by atoms with Gasteiger partial charge in [-0.15, -0.1) is 0 Å². The Morgan fingerprint density at radius 1 is 1.03 bits per heavy atom. The van der Waals surface area contributed by atoms with Gasteiger partial charge in [-0.2, -0.15) is 8.42 Å². The third-order valence-corrected chi connectivity index (χ3v) is 6.26. The van der Waals surface area contributed by atoms with Crippen molar-refractivity contribution < 1.29 is 22.5 Å². The molecule has 176 valence electrons. The molecule has 0 aliphatic heterocycles. The van der Waals surface area contributed by atoms with Crippen molar-refractivity contribution in [3.05, 3.63) is 53.6 Å². The molecule has 6 nitrogen and oxygen atoms in total. The average Bonchev–Trinajstić information content (AvgIpc) is 2.62. The van der Waals surface area contributed by atoms with E-state index in [1.54, 1.807) is 6.92 Å². The predicted molar refractivity (Wildman–Crippen MR) is 128 cm³/mol. The minimum absolute atomic E-state index is 0.124. The molecule has 2 rings (SSSR count). The van der Waals surface area contributed by atoms with Crippen LogP contribution in [-0.2, 0) is 14.9 Å². The van der Waals surface area contributed by atoms with Gasteiger partial charge in [-0.25, -0.2) is 0 Å². The highest BCUT2D eigenvalue weighted by Crippen LogP contribution is 2.43. The lowest BCUT2D eigenvalue weighted by molar-refractivity contribution is -0.118. The van der Waals surface area contributed by atoms with E-state index in [2.05, 4.69) is 59.0 Å². The summed E-state index contributed by atoms with van der Waals surface area (Å²) in [6.07, 6.45) is 1.06. The van der Waals surface area contributed by atoms with E-state index in [9.17, 15) is 17.8 Å². The van der Waals surface area contributed by atoms with Crippen molar-refractivity contribution in [1.29, 1.82) is 0 Å². The highest BCUT2D eigenvalue weighted by atomic mass is 32.2. The van der Waals surface area contributed by atoms with Gasteiger partial charge in [0.15, 0.2) is 6.61 Å². The molecule has 0 heterocycles. The summed E-state index contributed by atoms with van der Waals surface area (Å²) in [4.78, 5) is 12.1. The topological polar surface area (TPSA) is 92.7 Å². The van der Waals surface area contributed by atoms with Crippen LogP contribution in [0.25, 0.3) is 0 Å². The number of amides is 1. The fourth-order valence-corrected chi connectivity index (χ4v) is 4.40. The molecule has 2 aromatic rings. The maximum Gasteiger partial charge on any atom is 0.294 e. The number of carbonyl (C=O) groups is 1. The molecular formula is C25H35NO5S. The Balaban J connectivity index is 2.01. The van der Waals surface area contributed by atoms with E-state index in [-0.39, 0.29) is 28.2 Å². The molecule has 1 atom stereocenters. The molecule has 2 N–H and O–H groups in total. The number of carbonyl (C=O) groups excluding carboxylic acids is 1. The zero-order valence-corrected chi connectivity index (χ0v) is 20.8. The second kappa shape index (κ2) is 9.63. The zero-order valence-electron chi connectivity index (χ0n) is 20.0. The largest absolute Gasteiger partial charge is 0.484 e. The fraction of sp³-hybridized carbons (Fsp3) is 0.480. The number of hydrogen-bond donors (Lipinski definition) is 2. The van der Waals surface area contributed by atoms with Gasteiger partial charge in [0, 0.05) is 5.69 Å². The molecular weight excluding hydrogens is 426 g/mol. The summed E-state index contributed by atoms with van der Waals surface area (Å²) in [5.74, 6) is 0.632. The second-order valence-electron chi connectivity index (χ2n) is 10.5. The second-order valence-corrected chi connectivity index (χ2v) is 11.9. The van der Waals surface area contributed by atoms with Crippen LogP contribution in [0.5, 0.6) is 5.75 Å². The van der Waals surface area contributed by atoms with Crippen LogP contribution >= 0.6 is 0 Å². The summed E-state index contributed by atoms with van der Waals surface area (Å²) in [6, 6.07) is 12.0. The molecule has 1 unspecified atom stereocenters. The van der Waals surface area contributed by atoms with Crippen LogP contribution in [0.1, 0.15) is 65.0 Å². The van der Waals surface area contributed by atoms with E-state index in [0.29, 0.717) is 22.9 Å². The predicted octanol–water partition coefficient (Wildman–Crippen LogP) is 5.83. The molecule has 0 saturated heterocycles. The van der Waals surface area contributed by atoms with Crippen LogP contribution in [0.4, 0.5) is 5.69 Å². The molecule has 0 aliphatic rings. The number of rotatable bonds is 7. The van der Waals surface area contributed by atoms with Gasteiger partial charge in [-0.1, -0.05) is 53.7 Å². The smallest absolute Gasteiger partial charge is 0.294 e. The number of aryl methyl sites for hydroxylation is 1. The summed E-state index contributed by atoms with van der Waals surface area (Å²) in [5.41, 5.74) is 2.35. The van der Waals surface area contributed by atoms with Gasteiger partial charge < -0.3 is 10.1 Å². The maximum atomic E-state index is 12.2. The highest BCUT2D eigenvalue weighted by molar-refractivity contribution is 7.85. The lowest BCUT2D eigenvalue weighted by Crippen LogP contribution is -2.24. The summed E-state index contributed by atoms with van der Waals surface area (Å²) in [7, 11) is -4.29. The van der Waals surface area contributed by atoms with Gasteiger partial charge in [0.25, 0.3) is 16.0 Å². The van der Waals surface area contributed by atoms with Crippen molar-refractivity contribution in [2.75, 3.05) is 11.9 Å². The van der Waals surface area contributed by atoms with Crippen molar-refractivity contribution in [1.82, 2.24) is 0 Å². The quantitative estimate of drug-likeness (QED) is 0.507. The molecule has 1 amide bonds. The van der Waals surface area contributed by atoms with Crippen molar-refractivity contribution in [3.63, 3.8) is 0 Å². The lowest BCUT2D eigenvalue weighted by Gasteiger charge is -2.36. The average molecular weight is 462 g/mol. The molecule has 0 spiro atoms. The Morgan fingerprint density at radius 2 is 1.62 bits per heavy atom. The number of nitrogens with one attached hydrogen (secondary N) is 1. The molecule has 0 fully saturated rings. The molecule has 0 aromatic heterocycles. The zero-order chi connectivity index (χ0) is 24.3. The van der Waals surface area contributed by atoms with Crippen LogP contribution in [-0.4, -0.2) is 25.5 Å². The first-order valence-corrected chi connectivity index (χ1v) is 12.1. The van der Waals surface area contributed by atoms with E-state index in [4.69, 9.17) is 4.74 Å². The summed E-state index contributed by atoms with van der Waals surface area (Å²) in [6.45, 7) is 14.9. The monoisotopic (exact) mass is 461 g/mol. The highest BCUT2D eigenvalue weighted by Gasteiger charge is 2.30. The first-order valence-electron chi connectivity index (χ1n) is 10.7. The van der Waals surface area contributed by atoms with E-state index < -0.39 is 10.1 Å².